The molecular formula is C26H38F6N12O3. The molecular weight excluding hydrogens is 642 g/mol. The van der Waals surface area contributed by atoms with Crippen molar-refractivity contribution in [2.45, 2.75) is 70.2 Å². The van der Waals surface area contributed by atoms with E-state index < -0.39 is 55.5 Å². The monoisotopic (exact) mass is 680 g/mol. The lowest BCUT2D eigenvalue weighted by Gasteiger charge is -2.11. The molecule has 0 spiro atoms. The van der Waals surface area contributed by atoms with Crippen molar-refractivity contribution in [2.24, 2.45) is 27.2 Å². The lowest BCUT2D eigenvalue weighted by molar-refractivity contribution is -0.143. The molecule has 15 nitrogen and oxygen atoms in total. The van der Waals surface area contributed by atoms with Gasteiger partial charge in [0.05, 0.1) is 0 Å². The predicted molar refractivity (Wildman–Crippen MR) is 161 cm³/mol. The second kappa shape index (κ2) is 19.0. The van der Waals surface area contributed by atoms with Crippen LogP contribution in [-0.2, 0) is 27.4 Å². The number of aliphatic imine (C=N–C) groups is 2. The Kier molecular flexibility index (Phi) is 15.5. The molecule has 0 radical (unpaired) electrons. The van der Waals surface area contributed by atoms with Gasteiger partial charge in [0, 0.05) is 56.3 Å². The molecule has 0 aliphatic rings. The van der Waals surface area contributed by atoms with Crippen molar-refractivity contribution < 1.29 is 40.7 Å². The number of carbonyl (C=O) groups is 2. The maximum Gasteiger partial charge on any atom is 0.408 e. The van der Waals surface area contributed by atoms with Crippen molar-refractivity contribution >= 4 is 35.4 Å². The van der Waals surface area contributed by atoms with Gasteiger partial charge in [0.2, 0.25) is 5.91 Å². The third kappa shape index (κ3) is 18.7. The van der Waals surface area contributed by atoms with Crippen LogP contribution in [0.1, 0.15) is 38.5 Å². The van der Waals surface area contributed by atoms with Crippen LogP contribution in [0.3, 0.4) is 0 Å². The minimum absolute atomic E-state index is 0.234. The number of nitrogens with two attached hydrogens (primary N) is 3. The summed E-state index contributed by atoms with van der Waals surface area (Å²) in [5, 5.41) is 15.9. The van der Waals surface area contributed by atoms with Crippen LogP contribution in [0.2, 0.25) is 0 Å². The number of nitrogens with one attached hydrogen (secondary N) is 3. The Morgan fingerprint density at radius 2 is 1.34 bits per heavy atom. The van der Waals surface area contributed by atoms with Gasteiger partial charge >= 0.3 is 18.3 Å². The zero-order valence-corrected chi connectivity index (χ0v) is 25.2. The molecule has 9 N–H and O–H groups in total. The van der Waals surface area contributed by atoms with Gasteiger partial charge in [-0.3, -0.25) is 19.9 Å². The maximum absolute atomic E-state index is 12.2. The Morgan fingerprint density at radius 1 is 0.830 bits per heavy atom. The number of aromatic nitrogens is 4. The second-order valence-electron chi connectivity index (χ2n) is 9.97. The molecule has 0 fully saturated rings. The third-order valence-corrected chi connectivity index (χ3v) is 5.78. The fourth-order valence-electron chi connectivity index (χ4n) is 3.65. The highest BCUT2D eigenvalue weighted by atomic mass is 19.4. The molecule has 2 aromatic heterocycles. The lowest BCUT2D eigenvalue weighted by atomic mass is 10.2. The van der Waals surface area contributed by atoms with Crippen molar-refractivity contribution in [2.75, 3.05) is 30.3 Å². The molecule has 0 aliphatic heterocycles. The molecule has 0 bridgehead atoms. The molecule has 0 aromatic carbocycles. The highest BCUT2D eigenvalue weighted by Crippen LogP contribution is 2.15. The fourth-order valence-corrected chi connectivity index (χ4v) is 3.65. The Bertz CT molecular complexity index is 1350. The highest BCUT2D eigenvalue weighted by molar-refractivity contribution is 5.94. The number of hydrogen-bond acceptors (Lipinski definition) is 8. The number of alkyl halides is 6. The first kappa shape index (κ1) is 38.4. The van der Waals surface area contributed by atoms with E-state index in [9.17, 15) is 35.9 Å². The van der Waals surface area contributed by atoms with Crippen LogP contribution < -0.4 is 33.2 Å². The minimum Gasteiger partial charge on any atom is -0.444 e. The lowest BCUT2D eigenvalue weighted by Crippen LogP contribution is -2.27. The molecule has 0 saturated carbocycles. The number of unbranched alkanes of at least 4 members (excludes halogenated alkanes) is 3. The minimum atomic E-state index is -4.46. The number of carbonyl (C=O) groups excluding carboxylic acids is 2. The second-order valence-corrected chi connectivity index (χ2v) is 9.97. The largest absolute Gasteiger partial charge is 0.444 e. The molecule has 262 valence electrons. The van der Waals surface area contributed by atoms with Gasteiger partial charge in [-0.05, 0) is 38.5 Å². The van der Waals surface area contributed by atoms with Gasteiger partial charge in [0.25, 0.3) is 0 Å². The zero-order chi connectivity index (χ0) is 34.9. The number of rotatable bonds is 18. The average Bonchev–Trinajstić information content (AvgIpc) is 3.62. The molecule has 2 aromatic rings. The molecule has 47 heavy (non-hydrogen) atoms. The van der Waals surface area contributed by atoms with Crippen LogP contribution in [0.15, 0.2) is 46.7 Å². The summed E-state index contributed by atoms with van der Waals surface area (Å²) in [4.78, 5) is 30.3. The molecule has 21 heteroatoms. The maximum atomic E-state index is 12.2. The molecule has 2 rings (SSSR count). The van der Waals surface area contributed by atoms with E-state index in [1.165, 1.54) is 6.07 Å². The van der Waals surface area contributed by atoms with Crippen LogP contribution in [0.5, 0.6) is 0 Å². The molecule has 2 heterocycles. The van der Waals surface area contributed by atoms with Crippen molar-refractivity contribution in [1.29, 1.82) is 0 Å². The molecule has 0 aliphatic carbocycles. The number of guanidine groups is 2. The zero-order valence-electron chi connectivity index (χ0n) is 25.2. The number of anilines is 2. The first-order chi connectivity index (χ1) is 22.1. The van der Waals surface area contributed by atoms with E-state index in [1.807, 2.05) is 0 Å². The summed E-state index contributed by atoms with van der Waals surface area (Å²) in [5.74, 6) is -1.57. The summed E-state index contributed by atoms with van der Waals surface area (Å²) in [6.45, 7) is -1.44. The Labute approximate surface area is 265 Å². The van der Waals surface area contributed by atoms with Crippen molar-refractivity contribution in [1.82, 2.24) is 24.9 Å². The third-order valence-electron chi connectivity index (χ3n) is 5.78. The van der Waals surface area contributed by atoms with Crippen LogP contribution >= 0.6 is 0 Å². The molecule has 1 amide bonds. The predicted octanol–water partition coefficient (Wildman–Crippen LogP) is 2.20. The number of ether oxygens (including phenoxy) is 1. The van der Waals surface area contributed by atoms with Gasteiger partial charge in [0.1, 0.15) is 13.1 Å². The van der Waals surface area contributed by atoms with Gasteiger partial charge < -0.3 is 32.2 Å². The molecule has 1 unspecified atom stereocenters. The van der Waals surface area contributed by atoms with E-state index in [-0.39, 0.29) is 11.6 Å². The Morgan fingerprint density at radius 3 is 1.85 bits per heavy atom. The van der Waals surface area contributed by atoms with Crippen LogP contribution in [0.4, 0.5) is 38.0 Å². The first-order valence-electron chi connectivity index (χ1n) is 14.3. The van der Waals surface area contributed by atoms with Crippen molar-refractivity contribution in [3.05, 3.63) is 36.7 Å². The number of nitrogens with zero attached hydrogens (tertiary/aromatic N) is 6. The standard InChI is InChI=1S/C26H38F6N12O3/c27-25(28,29)16-37-23(34)39-19-9-14-43(41-19)12-4-1-3-11-36-21(45)7-8-22(46)47-18(33)6-2-5-13-44-15-10-20(42-44)40-24(35)38-17-26(30,31)32/h7-10,14-15,18H,1-6,11-13,16-17,33H2,(H,36,45)(H3,34,37,39,41)(H3,35,38,40,42)/b8-7-. The van der Waals surface area contributed by atoms with Crippen molar-refractivity contribution in [3.63, 3.8) is 0 Å². The Hall–Kier alpha value is -4.82. The first-order valence-corrected chi connectivity index (χ1v) is 14.3. The molecule has 1 atom stereocenters. The number of aryl methyl sites for hydroxylation is 2. The number of amides is 1. The summed E-state index contributed by atoms with van der Waals surface area (Å²) >= 11 is 0. The average molecular weight is 681 g/mol. The topological polar surface area (TPSA) is 218 Å². The SMILES string of the molecule is NC(=NCC(F)(F)F)Nc1ccn(CCCCCNC(=O)/C=C\C(=O)OC(N)CCCCn2ccc(NC(N)=NCC(F)(F)F)n2)n1. The van der Waals surface area contributed by atoms with Crippen molar-refractivity contribution in [3.8, 4) is 0 Å². The summed E-state index contributed by atoms with van der Waals surface area (Å²) in [6.07, 6.45) is -0.909. The van der Waals surface area contributed by atoms with Gasteiger partial charge in [0.15, 0.2) is 29.8 Å². The van der Waals surface area contributed by atoms with E-state index in [1.54, 1.807) is 27.8 Å². The number of halogens is 6. The van der Waals surface area contributed by atoms with E-state index >= 15 is 0 Å². The normalized spacial score (nSPS) is 13.5. The summed E-state index contributed by atoms with van der Waals surface area (Å²) in [5.41, 5.74) is 16.6. The number of hydrogen-bond donors (Lipinski definition) is 6. The fraction of sp³-hybridized carbons (Fsp3) is 0.538. The van der Waals surface area contributed by atoms with E-state index in [2.05, 4.69) is 36.1 Å². The number of esters is 1. The highest BCUT2D eigenvalue weighted by Gasteiger charge is 2.27. The Balaban J connectivity index is 1.53. The van der Waals surface area contributed by atoms with Gasteiger partial charge in [-0.1, -0.05) is 0 Å². The van der Waals surface area contributed by atoms with E-state index in [0.717, 1.165) is 18.6 Å². The van der Waals surface area contributed by atoms with Gasteiger partial charge in [-0.25, -0.2) is 14.8 Å². The van der Waals surface area contributed by atoms with Crippen LogP contribution in [0, 0.1) is 0 Å². The summed E-state index contributed by atoms with van der Waals surface area (Å²) in [6, 6.07) is 3.07. The molecule has 0 saturated heterocycles. The smallest absolute Gasteiger partial charge is 0.408 e. The van der Waals surface area contributed by atoms with Gasteiger partial charge in [-0.15, -0.1) is 0 Å². The summed E-state index contributed by atoms with van der Waals surface area (Å²) < 4.78 is 81.4. The van der Waals surface area contributed by atoms with Gasteiger partial charge in [-0.2, -0.15) is 36.5 Å². The van der Waals surface area contributed by atoms with E-state index in [0.29, 0.717) is 51.7 Å². The van der Waals surface area contributed by atoms with E-state index in [4.69, 9.17) is 21.9 Å². The van der Waals surface area contributed by atoms with Crippen LogP contribution in [0.25, 0.3) is 0 Å². The summed E-state index contributed by atoms with van der Waals surface area (Å²) in [7, 11) is 0. The quantitative estimate of drug-likeness (QED) is 0.0257. The van der Waals surface area contributed by atoms with Crippen LogP contribution in [-0.4, -0.2) is 81.6 Å².